The fourth-order valence-corrected chi connectivity index (χ4v) is 2.70. The van der Waals surface area contributed by atoms with Crippen molar-refractivity contribution in [2.24, 2.45) is 0 Å². The van der Waals surface area contributed by atoms with Crippen molar-refractivity contribution in [1.29, 1.82) is 0 Å². The summed E-state index contributed by atoms with van der Waals surface area (Å²) >= 11 is 0. The first-order valence-corrected chi connectivity index (χ1v) is 12.0. The minimum Gasteiger partial charge on any atom is -0.399 e. The van der Waals surface area contributed by atoms with E-state index in [1.54, 1.807) is 67.6 Å². The quantitative estimate of drug-likeness (QED) is 0.186. The van der Waals surface area contributed by atoms with Crippen LogP contribution < -0.4 is 28.7 Å². The van der Waals surface area contributed by atoms with Gasteiger partial charge in [0.2, 0.25) is 5.95 Å². The molecule has 6 aromatic rings. The Morgan fingerprint density at radius 3 is 1.62 bits per heavy atom. The van der Waals surface area contributed by atoms with Crippen LogP contribution in [-0.2, 0) is 0 Å². The molecule has 0 saturated carbocycles. The number of para-hydroxylation sites is 1. The molecule has 0 saturated heterocycles. The van der Waals surface area contributed by atoms with Gasteiger partial charge in [-0.05, 0) is 67.1 Å². The van der Waals surface area contributed by atoms with Crippen molar-refractivity contribution in [2.45, 2.75) is 6.92 Å². The van der Waals surface area contributed by atoms with E-state index in [2.05, 4.69) is 29.9 Å². The van der Waals surface area contributed by atoms with Crippen LogP contribution >= 0.6 is 0 Å². The Bertz CT molecular complexity index is 1390. The number of hydrogen-bond donors (Lipinski definition) is 5. The number of aryl methyl sites for hydroxylation is 1. The highest BCUT2D eigenvalue weighted by Crippen LogP contribution is 2.12. The standard InChI is InChI=1S/C9H8N2.C6H8N2.2C5H6N2.C4H5N3/c10-8-5-7-3-1-2-4-9(7)11-6-8;1-5-2-3-8-6(7)4-5;6-5-1-3-7-4-2-5;6-5-3-1-2-4-7-5;5-4-6-2-1-3-7-4/h1-6H,10H2;2-4H,1H3,(H2,7,8);2*1-4H,(H2,6,7);1-3H,(H2,5,6,7). The molecular formula is C29H33N11. The molecule has 0 aliphatic heterocycles. The SMILES string of the molecule is Cc1ccnc(N)c1.Nc1ccccn1.Nc1ccncc1.Nc1cnc2ccccc2c1.Nc1ncccn1. The highest BCUT2D eigenvalue weighted by molar-refractivity contribution is 5.80. The van der Waals surface area contributed by atoms with E-state index in [-0.39, 0.29) is 0 Å². The number of rotatable bonds is 0. The Morgan fingerprint density at radius 2 is 1.15 bits per heavy atom. The van der Waals surface area contributed by atoms with Gasteiger partial charge >= 0.3 is 0 Å². The number of anilines is 5. The lowest BCUT2D eigenvalue weighted by Gasteiger charge is -1.95. The van der Waals surface area contributed by atoms with E-state index in [1.807, 2.05) is 61.5 Å². The second-order valence-electron chi connectivity index (χ2n) is 7.86. The molecule has 10 N–H and O–H groups in total. The number of nitrogens with zero attached hydrogens (tertiary/aromatic N) is 6. The van der Waals surface area contributed by atoms with Crippen molar-refractivity contribution in [1.82, 2.24) is 29.9 Å². The maximum absolute atomic E-state index is 5.56. The van der Waals surface area contributed by atoms with Crippen LogP contribution in [0.25, 0.3) is 10.9 Å². The van der Waals surface area contributed by atoms with Gasteiger partial charge in [-0.1, -0.05) is 24.3 Å². The molecule has 40 heavy (non-hydrogen) atoms. The first-order chi connectivity index (χ1) is 19.3. The normalized spacial score (nSPS) is 9.12. The summed E-state index contributed by atoms with van der Waals surface area (Å²) in [7, 11) is 0. The fraction of sp³-hybridized carbons (Fsp3) is 0.0345. The maximum atomic E-state index is 5.56. The maximum Gasteiger partial charge on any atom is 0.219 e. The molecule has 0 fully saturated rings. The third-order valence-corrected chi connectivity index (χ3v) is 4.53. The Hall–Kier alpha value is -5.84. The predicted octanol–water partition coefficient (Wildman–Crippen LogP) is 4.18. The van der Waals surface area contributed by atoms with Crippen LogP contribution in [0.3, 0.4) is 0 Å². The first kappa shape index (κ1) is 30.4. The van der Waals surface area contributed by atoms with Crippen molar-refractivity contribution >= 4 is 39.9 Å². The third-order valence-electron chi connectivity index (χ3n) is 4.53. The highest BCUT2D eigenvalue weighted by atomic mass is 15.0. The van der Waals surface area contributed by atoms with Crippen LogP contribution in [0.2, 0.25) is 0 Å². The zero-order valence-corrected chi connectivity index (χ0v) is 22.1. The van der Waals surface area contributed by atoms with E-state index in [0.29, 0.717) is 23.3 Å². The minimum absolute atomic E-state index is 0.322. The number of pyridine rings is 4. The van der Waals surface area contributed by atoms with E-state index in [4.69, 9.17) is 28.7 Å². The number of nitrogen functional groups attached to an aromatic ring is 5. The summed E-state index contributed by atoms with van der Waals surface area (Å²) in [6.45, 7) is 1.98. The third kappa shape index (κ3) is 13.5. The van der Waals surface area contributed by atoms with Gasteiger partial charge in [0.15, 0.2) is 0 Å². The molecule has 6 rings (SSSR count). The zero-order valence-electron chi connectivity index (χ0n) is 22.1. The zero-order chi connectivity index (χ0) is 29.0. The molecule has 0 aliphatic carbocycles. The van der Waals surface area contributed by atoms with Crippen molar-refractivity contribution in [3.63, 3.8) is 0 Å². The lowest BCUT2D eigenvalue weighted by Crippen LogP contribution is -1.90. The van der Waals surface area contributed by atoms with Gasteiger partial charge in [-0.2, -0.15) is 0 Å². The van der Waals surface area contributed by atoms with E-state index in [0.717, 1.165) is 22.2 Å². The summed E-state index contributed by atoms with van der Waals surface area (Å²) < 4.78 is 0. The molecule has 204 valence electrons. The summed E-state index contributed by atoms with van der Waals surface area (Å²) in [4.78, 5) is 22.8. The van der Waals surface area contributed by atoms with Gasteiger partial charge in [-0.3, -0.25) is 9.97 Å². The van der Waals surface area contributed by atoms with E-state index >= 15 is 0 Å². The van der Waals surface area contributed by atoms with Crippen molar-refractivity contribution in [3.05, 3.63) is 128 Å². The Labute approximate surface area is 233 Å². The Kier molecular flexibility index (Phi) is 13.4. The van der Waals surface area contributed by atoms with Crippen LogP contribution in [0.15, 0.2) is 122 Å². The van der Waals surface area contributed by atoms with Crippen molar-refractivity contribution in [2.75, 3.05) is 28.7 Å². The van der Waals surface area contributed by atoms with Gasteiger partial charge in [0.25, 0.3) is 0 Å². The molecule has 0 radical (unpaired) electrons. The molecule has 1 aromatic carbocycles. The monoisotopic (exact) mass is 535 g/mol. The second kappa shape index (κ2) is 17.6. The number of hydrogen-bond acceptors (Lipinski definition) is 11. The summed E-state index contributed by atoms with van der Waals surface area (Å²) in [5.41, 5.74) is 30.2. The molecule has 0 amide bonds. The molecule has 5 aromatic heterocycles. The van der Waals surface area contributed by atoms with Gasteiger partial charge in [0.05, 0.1) is 17.4 Å². The average molecular weight is 536 g/mol. The van der Waals surface area contributed by atoms with Crippen LogP contribution in [0.5, 0.6) is 0 Å². The molecule has 0 spiro atoms. The fourth-order valence-electron chi connectivity index (χ4n) is 2.70. The Morgan fingerprint density at radius 1 is 0.500 bits per heavy atom. The van der Waals surface area contributed by atoms with Crippen LogP contribution in [-0.4, -0.2) is 29.9 Å². The smallest absolute Gasteiger partial charge is 0.219 e. The summed E-state index contributed by atoms with van der Waals surface area (Å²) in [5, 5.41) is 1.09. The predicted molar refractivity (Wildman–Crippen MR) is 163 cm³/mol. The highest BCUT2D eigenvalue weighted by Gasteiger charge is 1.91. The van der Waals surface area contributed by atoms with Gasteiger partial charge in [-0.15, -0.1) is 0 Å². The Balaban J connectivity index is 0.000000178. The minimum atomic E-state index is 0.322. The molecule has 11 heteroatoms. The molecule has 11 nitrogen and oxygen atoms in total. The van der Waals surface area contributed by atoms with Gasteiger partial charge in [0.1, 0.15) is 11.6 Å². The summed E-state index contributed by atoms with van der Waals surface area (Å²) in [5.74, 6) is 1.48. The molecule has 0 atom stereocenters. The van der Waals surface area contributed by atoms with Crippen molar-refractivity contribution in [3.8, 4) is 0 Å². The molecule has 5 heterocycles. The average Bonchev–Trinajstić information content (AvgIpc) is 2.96. The molecule has 0 unspecified atom stereocenters. The van der Waals surface area contributed by atoms with Crippen LogP contribution in [0, 0.1) is 6.92 Å². The van der Waals surface area contributed by atoms with Crippen LogP contribution in [0.1, 0.15) is 5.56 Å². The van der Waals surface area contributed by atoms with Gasteiger partial charge < -0.3 is 28.7 Å². The largest absolute Gasteiger partial charge is 0.399 e. The molecular weight excluding hydrogens is 502 g/mol. The number of benzene rings is 1. The number of fused-ring (bicyclic) bond motifs is 1. The number of nitrogens with two attached hydrogens (primary N) is 5. The van der Waals surface area contributed by atoms with Crippen LogP contribution in [0.4, 0.5) is 29.0 Å². The summed E-state index contributed by atoms with van der Waals surface area (Å²) in [6, 6.07) is 24.2. The van der Waals surface area contributed by atoms with E-state index in [9.17, 15) is 0 Å². The molecule has 0 bridgehead atoms. The van der Waals surface area contributed by atoms with Gasteiger partial charge in [-0.25, -0.2) is 19.9 Å². The van der Waals surface area contributed by atoms with E-state index in [1.165, 1.54) is 0 Å². The lowest BCUT2D eigenvalue weighted by atomic mass is 10.2. The lowest BCUT2D eigenvalue weighted by molar-refractivity contribution is 1.19. The van der Waals surface area contributed by atoms with Gasteiger partial charge in [0, 0.05) is 48.3 Å². The van der Waals surface area contributed by atoms with E-state index < -0.39 is 0 Å². The molecule has 0 aliphatic rings. The first-order valence-electron chi connectivity index (χ1n) is 12.0. The summed E-state index contributed by atoms with van der Waals surface area (Å²) in [6.07, 6.45) is 11.6. The van der Waals surface area contributed by atoms with Crippen molar-refractivity contribution < 1.29 is 0 Å². The number of aromatic nitrogens is 6. The second-order valence-corrected chi connectivity index (χ2v) is 7.86. The topological polar surface area (TPSA) is 207 Å².